The smallest absolute Gasteiger partial charge is 0.219 e. The van der Waals surface area contributed by atoms with Crippen molar-refractivity contribution in [2.45, 2.75) is 32.4 Å². The molecule has 0 aliphatic carbocycles. The zero-order valence-electron chi connectivity index (χ0n) is 7.79. The predicted molar refractivity (Wildman–Crippen MR) is 46.8 cm³/mol. The van der Waals surface area contributed by atoms with Gasteiger partial charge in [-0.15, -0.1) is 0 Å². The highest BCUT2D eigenvalue weighted by atomic mass is 16.2. The van der Waals surface area contributed by atoms with Gasteiger partial charge in [0.2, 0.25) is 5.91 Å². The largest absolute Gasteiger partial charge is 0.337 e. The Kier molecular flexibility index (Phi) is 1.83. The SMILES string of the molecule is CCN1CC2CC1CN2C(C)=O. The van der Waals surface area contributed by atoms with Gasteiger partial charge in [0.25, 0.3) is 0 Å². The summed E-state index contributed by atoms with van der Waals surface area (Å²) in [5.74, 6) is 0.248. The van der Waals surface area contributed by atoms with Crippen LogP contribution in [0.25, 0.3) is 0 Å². The Hall–Kier alpha value is -0.570. The molecule has 0 aromatic rings. The van der Waals surface area contributed by atoms with Crippen molar-refractivity contribution in [2.75, 3.05) is 19.6 Å². The lowest BCUT2D eigenvalue weighted by Crippen LogP contribution is -2.47. The standard InChI is InChI=1S/C9H16N2O/c1-3-10-5-9-4-8(10)6-11(9)7(2)12/h8-9H,3-6H2,1-2H3. The molecule has 0 aromatic heterocycles. The first-order valence-electron chi connectivity index (χ1n) is 4.73. The maximum atomic E-state index is 11.1. The van der Waals surface area contributed by atoms with E-state index in [1.807, 2.05) is 4.90 Å². The molecule has 2 atom stereocenters. The van der Waals surface area contributed by atoms with Gasteiger partial charge in [0.15, 0.2) is 0 Å². The highest BCUT2D eigenvalue weighted by Gasteiger charge is 2.43. The van der Waals surface area contributed by atoms with E-state index in [1.165, 1.54) is 6.42 Å². The van der Waals surface area contributed by atoms with Gasteiger partial charge < -0.3 is 4.90 Å². The Morgan fingerprint density at radius 2 is 2.17 bits per heavy atom. The van der Waals surface area contributed by atoms with Gasteiger partial charge in [-0.2, -0.15) is 0 Å². The van der Waals surface area contributed by atoms with Crippen LogP contribution in [-0.4, -0.2) is 47.4 Å². The number of likely N-dealkylation sites (N-methyl/N-ethyl adjacent to an activating group) is 1. The van der Waals surface area contributed by atoms with E-state index in [9.17, 15) is 4.79 Å². The minimum Gasteiger partial charge on any atom is -0.337 e. The number of hydrogen-bond donors (Lipinski definition) is 0. The molecule has 68 valence electrons. The summed E-state index contributed by atoms with van der Waals surface area (Å²) in [5.41, 5.74) is 0. The third-order valence-electron chi connectivity index (χ3n) is 3.16. The summed E-state index contributed by atoms with van der Waals surface area (Å²) in [6, 6.07) is 1.18. The van der Waals surface area contributed by atoms with E-state index < -0.39 is 0 Å². The van der Waals surface area contributed by atoms with Gasteiger partial charge in [0.1, 0.15) is 0 Å². The van der Waals surface area contributed by atoms with Crippen LogP contribution < -0.4 is 0 Å². The quantitative estimate of drug-likeness (QED) is 0.562. The minimum atomic E-state index is 0.248. The summed E-state index contributed by atoms with van der Waals surface area (Å²) < 4.78 is 0. The molecular formula is C9H16N2O. The van der Waals surface area contributed by atoms with Crippen LogP contribution in [0.15, 0.2) is 0 Å². The number of piperazine rings is 1. The number of amides is 1. The molecule has 2 aliphatic rings. The van der Waals surface area contributed by atoms with Crippen LogP contribution in [0.3, 0.4) is 0 Å². The number of likely N-dealkylation sites (tertiary alicyclic amines) is 2. The zero-order valence-corrected chi connectivity index (χ0v) is 7.79. The van der Waals surface area contributed by atoms with E-state index >= 15 is 0 Å². The van der Waals surface area contributed by atoms with Crippen molar-refractivity contribution in [3.63, 3.8) is 0 Å². The summed E-state index contributed by atoms with van der Waals surface area (Å²) in [6.45, 7) is 7.07. The zero-order chi connectivity index (χ0) is 8.72. The molecule has 2 unspecified atom stereocenters. The van der Waals surface area contributed by atoms with Gasteiger partial charge in [0, 0.05) is 32.1 Å². The molecule has 3 heteroatoms. The van der Waals surface area contributed by atoms with Crippen LogP contribution in [0, 0.1) is 0 Å². The summed E-state index contributed by atoms with van der Waals surface area (Å²) in [5, 5.41) is 0. The minimum absolute atomic E-state index is 0.248. The van der Waals surface area contributed by atoms with Gasteiger partial charge in [0.05, 0.1) is 0 Å². The molecule has 0 saturated carbocycles. The second kappa shape index (κ2) is 2.73. The van der Waals surface area contributed by atoms with Gasteiger partial charge in [-0.05, 0) is 13.0 Å². The van der Waals surface area contributed by atoms with Crippen LogP contribution in [-0.2, 0) is 4.79 Å². The van der Waals surface area contributed by atoms with Crippen LogP contribution in [0.1, 0.15) is 20.3 Å². The van der Waals surface area contributed by atoms with Crippen molar-refractivity contribution in [2.24, 2.45) is 0 Å². The first-order valence-corrected chi connectivity index (χ1v) is 4.73. The first kappa shape index (κ1) is 8.05. The number of hydrogen-bond acceptors (Lipinski definition) is 2. The van der Waals surface area contributed by atoms with E-state index in [1.54, 1.807) is 6.92 Å². The van der Waals surface area contributed by atoms with Crippen molar-refractivity contribution in [1.29, 1.82) is 0 Å². The molecule has 0 aromatic carbocycles. The molecule has 2 fully saturated rings. The third-order valence-corrected chi connectivity index (χ3v) is 3.16. The second-order valence-corrected chi connectivity index (χ2v) is 3.80. The van der Waals surface area contributed by atoms with Crippen molar-refractivity contribution in [3.8, 4) is 0 Å². The Morgan fingerprint density at radius 3 is 2.58 bits per heavy atom. The summed E-state index contributed by atoms with van der Waals surface area (Å²) in [4.78, 5) is 15.6. The van der Waals surface area contributed by atoms with E-state index in [4.69, 9.17) is 0 Å². The molecule has 0 N–H and O–H groups in total. The normalized spacial score (nSPS) is 34.7. The van der Waals surface area contributed by atoms with Crippen LogP contribution in [0.2, 0.25) is 0 Å². The molecule has 0 radical (unpaired) electrons. The Bertz CT molecular complexity index is 205. The maximum Gasteiger partial charge on any atom is 0.219 e. The Balaban J connectivity index is 2.03. The van der Waals surface area contributed by atoms with Gasteiger partial charge in [-0.25, -0.2) is 0 Å². The lowest BCUT2D eigenvalue weighted by Gasteiger charge is -2.32. The fourth-order valence-electron chi connectivity index (χ4n) is 2.52. The van der Waals surface area contributed by atoms with E-state index in [-0.39, 0.29) is 5.91 Å². The molecule has 12 heavy (non-hydrogen) atoms. The number of carbonyl (C=O) groups excluding carboxylic acids is 1. The van der Waals surface area contributed by atoms with E-state index in [0.29, 0.717) is 12.1 Å². The number of fused-ring (bicyclic) bond motifs is 2. The number of nitrogens with zero attached hydrogens (tertiary/aromatic N) is 2. The molecule has 1 amide bonds. The van der Waals surface area contributed by atoms with Crippen LogP contribution in [0.5, 0.6) is 0 Å². The molecule has 2 rings (SSSR count). The third kappa shape index (κ3) is 1.04. The molecule has 2 aliphatic heterocycles. The van der Waals surface area contributed by atoms with E-state index in [0.717, 1.165) is 19.6 Å². The Labute approximate surface area is 73.3 Å². The lowest BCUT2D eigenvalue weighted by atomic mass is 10.2. The van der Waals surface area contributed by atoms with Gasteiger partial charge >= 0.3 is 0 Å². The second-order valence-electron chi connectivity index (χ2n) is 3.80. The predicted octanol–water partition coefficient (Wildman–Crippen LogP) is 0.311. The van der Waals surface area contributed by atoms with E-state index in [2.05, 4.69) is 11.8 Å². The number of carbonyl (C=O) groups is 1. The molecule has 2 saturated heterocycles. The Morgan fingerprint density at radius 1 is 1.42 bits per heavy atom. The van der Waals surface area contributed by atoms with Crippen LogP contribution in [0.4, 0.5) is 0 Å². The molecule has 3 nitrogen and oxygen atoms in total. The topological polar surface area (TPSA) is 23.6 Å². The van der Waals surface area contributed by atoms with Crippen molar-refractivity contribution < 1.29 is 4.79 Å². The first-order chi connectivity index (χ1) is 5.72. The van der Waals surface area contributed by atoms with Crippen molar-refractivity contribution in [3.05, 3.63) is 0 Å². The number of rotatable bonds is 1. The summed E-state index contributed by atoms with van der Waals surface area (Å²) >= 11 is 0. The molecule has 2 heterocycles. The summed E-state index contributed by atoms with van der Waals surface area (Å²) in [6.07, 6.45) is 1.20. The average Bonchev–Trinajstić information content (AvgIpc) is 2.60. The molecular weight excluding hydrogens is 152 g/mol. The molecule has 2 bridgehead atoms. The molecule has 0 spiro atoms. The fourth-order valence-corrected chi connectivity index (χ4v) is 2.52. The van der Waals surface area contributed by atoms with Gasteiger partial charge in [-0.3, -0.25) is 9.69 Å². The highest BCUT2D eigenvalue weighted by molar-refractivity contribution is 5.74. The monoisotopic (exact) mass is 168 g/mol. The summed E-state index contributed by atoms with van der Waals surface area (Å²) in [7, 11) is 0. The van der Waals surface area contributed by atoms with Crippen molar-refractivity contribution >= 4 is 5.91 Å². The average molecular weight is 168 g/mol. The maximum absolute atomic E-state index is 11.1. The fraction of sp³-hybridized carbons (Fsp3) is 0.889. The van der Waals surface area contributed by atoms with Crippen molar-refractivity contribution in [1.82, 2.24) is 9.80 Å². The van der Waals surface area contributed by atoms with Gasteiger partial charge in [-0.1, -0.05) is 6.92 Å². The van der Waals surface area contributed by atoms with Crippen LogP contribution >= 0.6 is 0 Å². The lowest BCUT2D eigenvalue weighted by molar-refractivity contribution is -0.131. The highest BCUT2D eigenvalue weighted by Crippen LogP contribution is 2.29.